The highest BCUT2D eigenvalue weighted by atomic mass is 127. The molecule has 0 spiro atoms. The third-order valence-electron chi connectivity index (χ3n) is 3.16. The quantitative estimate of drug-likeness (QED) is 0.503. The van der Waals surface area contributed by atoms with Crippen LogP contribution < -0.4 is 0 Å². The van der Waals surface area contributed by atoms with Gasteiger partial charge in [0.1, 0.15) is 0 Å². The van der Waals surface area contributed by atoms with Crippen molar-refractivity contribution in [1.29, 1.82) is 0 Å². The van der Waals surface area contributed by atoms with Gasteiger partial charge in [0.05, 0.1) is 12.7 Å². The maximum Gasteiger partial charge on any atom is 0.0674 e. The van der Waals surface area contributed by atoms with E-state index >= 15 is 0 Å². The molecule has 0 aliphatic carbocycles. The van der Waals surface area contributed by atoms with Gasteiger partial charge in [-0.1, -0.05) is 41.4 Å². The predicted molar refractivity (Wildman–Crippen MR) is 95.9 cm³/mol. The fraction of sp³-hybridized carbons (Fsp3) is 0.0625. The van der Waals surface area contributed by atoms with E-state index < -0.39 is 0 Å². The molecule has 106 valence electrons. The molecule has 21 heavy (non-hydrogen) atoms. The summed E-state index contributed by atoms with van der Waals surface area (Å²) in [6, 6.07) is 13.9. The maximum atomic E-state index is 6.19. The molecule has 2 aromatic carbocycles. The summed E-state index contributed by atoms with van der Waals surface area (Å²) in [4.78, 5) is 0. The molecule has 0 atom stereocenters. The van der Waals surface area contributed by atoms with E-state index in [0.717, 1.165) is 16.7 Å². The average Bonchev–Trinajstić information content (AvgIpc) is 2.91. The summed E-state index contributed by atoms with van der Waals surface area (Å²) in [6.45, 7) is 0.625. The zero-order chi connectivity index (χ0) is 14.8. The lowest BCUT2D eigenvalue weighted by Gasteiger charge is -2.05. The lowest BCUT2D eigenvalue weighted by Crippen LogP contribution is -2.00. The highest BCUT2D eigenvalue weighted by molar-refractivity contribution is 14.1. The molecule has 0 unspecified atom stereocenters. The van der Waals surface area contributed by atoms with Crippen LogP contribution in [-0.2, 0) is 6.54 Å². The molecule has 3 rings (SSSR count). The van der Waals surface area contributed by atoms with Crippen LogP contribution in [0.25, 0.3) is 11.1 Å². The molecule has 0 radical (unpaired) electrons. The van der Waals surface area contributed by atoms with Crippen LogP contribution in [0.3, 0.4) is 0 Å². The normalized spacial score (nSPS) is 10.8. The SMILES string of the molecule is Clc1ccc(Cn2cc(-c3ccc(I)cc3)cn2)c(Cl)c1. The number of benzene rings is 2. The van der Waals surface area contributed by atoms with Crippen molar-refractivity contribution in [2.75, 3.05) is 0 Å². The molecule has 3 aromatic rings. The van der Waals surface area contributed by atoms with E-state index in [1.165, 1.54) is 3.57 Å². The standard InChI is InChI=1S/C16H11Cl2IN2/c17-14-4-1-12(16(18)7-14)9-21-10-13(8-20-21)11-2-5-15(19)6-3-11/h1-8,10H,9H2. The van der Waals surface area contributed by atoms with Crippen LogP contribution in [0.5, 0.6) is 0 Å². The van der Waals surface area contributed by atoms with Gasteiger partial charge in [-0.25, -0.2) is 0 Å². The summed E-state index contributed by atoms with van der Waals surface area (Å²) in [6.07, 6.45) is 3.89. The van der Waals surface area contributed by atoms with Crippen LogP contribution in [-0.4, -0.2) is 9.78 Å². The van der Waals surface area contributed by atoms with Crippen molar-refractivity contribution in [3.05, 3.63) is 74.0 Å². The van der Waals surface area contributed by atoms with Gasteiger partial charge < -0.3 is 0 Å². The van der Waals surface area contributed by atoms with Crippen LogP contribution in [0, 0.1) is 3.57 Å². The Balaban J connectivity index is 1.83. The molecule has 0 saturated carbocycles. The Morgan fingerprint density at radius 3 is 2.48 bits per heavy atom. The van der Waals surface area contributed by atoms with Gasteiger partial charge in [-0.05, 0) is 58.0 Å². The predicted octanol–water partition coefficient (Wildman–Crippen LogP) is 5.51. The molecule has 0 saturated heterocycles. The van der Waals surface area contributed by atoms with Gasteiger partial charge >= 0.3 is 0 Å². The Labute approximate surface area is 146 Å². The minimum atomic E-state index is 0.625. The minimum absolute atomic E-state index is 0.625. The van der Waals surface area contributed by atoms with Crippen molar-refractivity contribution in [2.24, 2.45) is 0 Å². The number of aromatic nitrogens is 2. The fourth-order valence-electron chi connectivity index (χ4n) is 2.07. The summed E-state index contributed by atoms with van der Waals surface area (Å²) in [7, 11) is 0. The first-order chi connectivity index (χ1) is 10.1. The molecule has 0 aliphatic rings. The third-order valence-corrected chi connectivity index (χ3v) is 4.46. The van der Waals surface area contributed by atoms with Gasteiger partial charge in [-0.3, -0.25) is 4.68 Å². The zero-order valence-corrected chi connectivity index (χ0v) is 14.6. The monoisotopic (exact) mass is 428 g/mol. The molecule has 0 amide bonds. The fourth-order valence-corrected chi connectivity index (χ4v) is 2.89. The average molecular weight is 429 g/mol. The first kappa shape index (κ1) is 14.9. The van der Waals surface area contributed by atoms with Crippen molar-refractivity contribution < 1.29 is 0 Å². The topological polar surface area (TPSA) is 17.8 Å². The van der Waals surface area contributed by atoms with Gasteiger partial charge in [0, 0.05) is 25.4 Å². The molecule has 2 nitrogen and oxygen atoms in total. The molecule has 0 bridgehead atoms. The Kier molecular flexibility index (Phi) is 4.52. The van der Waals surface area contributed by atoms with Gasteiger partial charge in [0.25, 0.3) is 0 Å². The summed E-state index contributed by atoms with van der Waals surface area (Å²) in [5.74, 6) is 0. The van der Waals surface area contributed by atoms with Gasteiger partial charge in [0.2, 0.25) is 0 Å². The highest BCUT2D eigenvalue weighted by Crippen LogP contribution is 2.23. The highest BCUT2D eigenvalue weighted by Gasteiger charge is 2.05. The number of hydrogen-bond donors (Lipinski definition) is 0. The Morgan fingerprint density at radius 2 is 1.76 bits per heavy atom. The zero-order valence-electron chi connectivity index (χ0n) is 10.9. The Hall–Kier alpha value is -1.04. The third kappa shape index (κ3) is 3.59. The van der Waals surface area contributed by atoms with Crippen molar-refractivity contribution in [1.82, 2.24) is 9.78 Å². The minimum Gasteiger partial charge on any atom is -0.268 e. The molecular weight excluding hydrogens is 418 g/mol. The lowest BCUT2D eigenvalue weighted by atomic mass is 10.1. The molecular formula is C16H11Cl2IN2. The van der Waals surface area contributed by atoms with Crippen LogP contribution in [0.2, 0.25) is 10.0 Å². The van der Waals surface area contributed by atoms with E-state index in [-0.39, 0.29) is 0 Å². The van der Waals surface area contributed by atoms with Crippen LogP contribution in [0.4, 0.5) is 0 Å². The van der Waals surface area contributed by atoms with Gasteiger partial charge in [0.15, 0.2) is 0 Å². The van der Waals surface area contributed by atoms with Gasteiger partial charge in [-0.15, -0.1) is 0 Å². The molecule has 1 heterocycles. The first-order valence-electron chi connectivity index (χ1n) is 6.34. The summed E-state index contributed by atoms with van der Waals surface area (Å²) in [5.41, 5.74) is 3.25. The first-order valence-corrected chi connectivity index (χ1v) is 8.17. The number of hydrogen-bond acceptors (Lipinski definition) is 1. The van der Waals surface area contributed by atoms with E-state index in [2.05, 4.69) is 52.0 Å². The largest absolute Gasteiger partial charge is 0.268 e. The molecule has 0 aliphatic heterocycles. The second-order valence-electron chi connectivity index (χ2n) is 4.67. The molecule has 5 heteroatoms. The van der Waals surface area contributed by atoms with Crippen molar-refractivity contribution in [2.45, 2.75) is 6.54 Å². The maximum absolute atomic E-state index is 6.19. The Bertz CT molecular complexity index is 766. The molecule has 1 aromatic heterocycles. The lowest BCUT2D eigenvalue weighted by molar-refractivity contribution is 0.687. The summed E-state index contributed by atoms with van der Waals surface area (Å²) >= 11 is 14.4. The van der Waals surface area contributed by atoms with E-state index in [1.54, 1.807) is 6.07 Å². The van der Waals surface area contributed by atoms with Crippen molar-refractivity contribution in [3.8, 4) is 11.1 Å². The Morgan fingerprint density at radius 1 is 1.00 bits per heavy atom. The van der Waals surface area contributed by atoms with Crippen molar-refractivity contribution >= 4 is 45.8 Å². The van der Waals surface area contributed by atoms with Crippen molar-refractivity contribution in [3.63, 3.8) is 0 Å². The molecule has 0 fully saturated rings. The smallest absolute Gasteiger partial charge is 0.0674 e. The second-order valence-corrected chi connectivity index (χ2v) is 6.76. The van der Waals surface area contributed by atoms with Gasteiger partial charge in [-0.2, -0.15) is 5.10 Å². The number of rotatable bonds is 3. The summed E-state index contributed by atoms with van der Waals surface area (Å²) in [5, 5.41) is 5.70. The van der Waals surface area contributed by atoms with E-state index in [0.29, 0.717) is 16.6 Å². The van der Waals surface area contributed by atoms with E-state index in [9.17, 15) is 0 Å². The number of nitrogens with zero attached hydrogens (tertiary/aromatic N) is 2. The van der Waals surface area contributed by atoms with E-state index in [4.69, 9.17) is 23.2 Å². The van der Waals surface area contributed by atoms with E-state index in [1.807, 2.05) is 29.2 Å². The second kappa shape index (κ2) is 6.38. The van der Waals surface area contributed by atoms with Crippen LogP contribution in [0.15, 0.2) is 54.9 Å². The van der Waals surface area contributed by atoms with Crippen LogP contribution in [0.1, 0.15) is 5.56 Å². The number of halogens is 3. The van der Waals surface area contributed by atoms with Crippen LogP contribution >= 0.6 is 45.8 Å². The summed E-state index contributed by atoms with van der Waals surface area (Å²) < 4.78 is 3.10. The molecule has 0 N–H and O–H groups in total.